The Labute approximate surface area is 235 Å². The molecule has 2 N–H and O–H groups in total. The van der Waals surface area contributed by atoms with Crippen molar-refractivity contribution in [3.8, 4) is 11.5 Å². The Kier molecular flexibility index (Phi) is 7.31. The first kappa shape index (κ1) is 25.5. The van der Waals surface area contributed by atoms with Crippen molar-refractivity contribution >= 4 is 61.7 Å². The van der Waals surface area contributed by atoms with Crippen LogP contribution in [0.25, 0.3) is 10.2 Å². The first-order chi connectivity index (χ1) is 19.0. The van der Waals surface area contributed by atoms with Gasteiger partial charge in [0.15, 0.2) is 16.7 Å². The van der Waals surface area contributed by atoms with Crippen molar-refractivity contribution in [3.63, 3.8) is 0 Å². The average Bonchev–Trinajstić information content (AvgIpc) is 3.62. The van der Waals surface area contributed by atoms with Crippen LogP contribution in [0.4, 0.5) is 20.1 Å². The number of piperidine rings is 1. The fourth-order valence-electron chi connectivity index (χ4n) is 4.34. The van der Waals surface area contributed by atoms with Crippen LogP contribution < -0.4 is 10.1 Å². The normalized spacial score (nSPS) is 14.0. The number of hydrogen-bond acceptors (Lipinski definition) is 9. The molecule has 5 aromatic rings. The van der Waals surface area contributed by atoms with Crippen LogP contribution in [-0.2, 0) is 0 Å². The second kappa shape index (κ2) is 11.2. The predicted molar refractivity (Wildman–Crippen MR) is 151 cm³/mol. The molecule has 1 amide bonds. The maximum absolute atomic E-state index is 13.5. The summed E-state index contributed by atoms with van der Waals surface area (Å²) in [6.07, 6.45) is 4.18. The number of nitrogens with one attached hydrogen (secondary N) is 1. The third-order valence-corrected chi connectivity index (χ3v) is 9.20. The second-order valence-electron chi connectivity index (χ2n) is 8.87. The number of aromatic nitrogens is 3. The van der Waals surface area contributed by atoms with E-state index in [0.29, 0.717) is 35.5 Å². The molecule has 198 valence electrons. The predicted octanol–water partition coefficient (Wildman–Crippen LogP) is 7.83. The lowest BCUT2D eigenvalue weighted by molar-refractivity contribution is 0.132. The molecule has 12 heteroatoms. The van der Waals surface area contributed by atoms with E-state index < -0.39 is 6.09 Å². The van der Waals surface area contributed by atoms with Gasteiger partial charge in [-0.25, -0.2) is 19.2 Å². The van der Waals surface area contributed by atoms with Crippen molar-refractivity contribution in [1.29, 1.82) is 0 Å². The molecule has 8 nitrogen and oxygen atoms in total. The van der Waals surface area contributed by atoms with Gasteiger partial charge < -0.3 is 20.1 Å². The largest absolute Gasteiger partial charge is 0.465 e. The van der Waals surface area contributed by atoms with Crippen LogP contribution in [0.3, 0.4) is 0 Å². The van der Waals surface area contributed by atoms with Crippen molar-refractivity contribution in [2.45, 2.75) is 28.6 Å². The number of halogens is 1. The summed E-state index contributed by atoms with van der Waals surface area (Å²) >= 11 is 4.67. The van der Waals surface area contributed by atoms with Crippen molar-refractivity contribution in [2.75, 3.05) is 18.4 Å². The minimum Gasteiger partial charge on any atom is -0.465 e. The van der Waals surface area contributed by atoms with E-state index in [2.05, 4.69) is 15.3 Å². The molecule has 1 fully saturated rings. The zero-order valence-corrected chi connectivity index (χ0v) is 22.9. The molecule has 0 spiro atoms. The number of thiophene rings is 1. The standard InChI is InChI=1S/C27H22FN5O3S3/c28-17-1-3-18(4-2-17)36-22-13-19(39-23-5-9-29-20-8-12-37-24(20)23)14-30-25(22)32-26-31-21(15-38-26)16-6-10-33(11-7-16)27(34)35/h1-5,8-9,12-16H,6-7,10-11H2,(H,34,35)(H,30,31,32). The summed E-state index contributed by atoms with van der Waals surface area (Å²) in [4.78, 5) is 28.4. The molecule has 0 saturated carbocycles. The van der Waals surface area contributed by atoms with E-state index in [0.717, 1.165) is 38.5 Å². The number of benzene rings is 1. The van der Waals surface area contributed by atoms with Crippen LogP contribution in [0.15, 0.2) is 75.4 Å². The lowest BCUT2D eigenvalue weighted by Crippen LogP contribution is -2.36. The number of rotatable bonds is 7. The average molecular weight is 580 g/mol. The van der Waals surface area contributed by atoms with E-state index in [4.69, 9.17) is 9.72 Å². The first-order valence-corrected chi connectivity index (χ1v) is 14.7. The van der Waals surface area contributed by atoms with Crippen molar-refractivity contribution < 1.29 is 19.0 Å². The molecular weight excluding hydrogens is 558 g/mol. The number of amides is 1. The highest BCUT2D eigenvalue weighted by Crippen LogP contribution is 2.40. The molecule has 5 heterocycles. The monoisotopic (exact) mass is 579 g/mol. The van der Waals surface area contributed by atoms with Crippen LogP contribution in [0.5, 0.6) is 11.5 Å². The number of likely N-dealkylation sites (tertiary alicyclic amines) is 1. The number of pyridine rings is 2. The lowest BCUT2D eigenvalue weighted by atomic mass is 9.94. The van der Waals surface area contributed by atoms with Crippen molar-refractivity contribution in [2.24, 2.45) is 0 Å². The van der Waals surface area contributed by atoms with Crippen LogP contribution in [0.2, 0.25) is 0 Å². The second-order valence-corrected chi connectivity index (χ2v) is 11.8. The van der Waals surface area contributed by atoms with E-state index in [1.807, 2.05) is 29.0 Å². The lowest BCUT2D eigenvalue weighted by Gasteiger charge is -2.28. The summed E-state index contributed by atoms with van der Waals surface area (Å²) in [5.74, 6) is 1.32. The number of ether oxygens (including phenoxy) is 1. The number of hydrogen-bond donors (Lipinski definition) is 2. The van der Waals surface area contributed by atoms with Gasteiger partial charge in [0.25, 0.3) is 0 Å². The Morgan fingerprint density at radius 1 is 1.13 bits per heavy atom. The maximum atomic E-state index is 13.5. The molecule has 0 radical (unpaired) electrons. The molecule has 1 aliphatic rings. The van der Waals surface area contributed by atoms with Gasteiger partial charge in [0.05, 0.1) is 15.9 Å². The molecule has 0 atom stereocenters. The smallest absolute Gasteiger partial charge is 0.407 e. The van der Waals surface area contributed by atoms with Crippen LogP contribution in [0.1, 0.15) is 24.5 Å². The van der Waals surface area contributed by atoms with Gasteiger partial charge in [-0.2, -0.15) is 0 Å². The number of fused-ring (bicyclic) bond motifs is 1. The van der Waals surface area contributed by atoms with Gasteiger partial charge in [0.1, 0.15) is 11.6 Å². The summed E-state index contributed by atoms with van der Waals surface area (Å²) in [6.45, 7) is 1.01. The highest BCUT2D eigenvalue weighted by atomic mass is 32.2. The van der Waals surface area contributed by atoms with Gasteiger partial charge in [-0.15, -0.1) is 22.7 Å². The fourth-order valence-corrected chi connectivity index (χ4v) is 7.01. The molecule has 1 saturated heterocycles. The molecule has 0 unspecified atom stereocenters. The molecule has 0 bridgehead atoms. The van der Waals surface area contributed by atoms with Gasteiger partial charge in [0.2, 0.25) is 0 Å². The number of nitrogens with zero attached hydrogens (tertiary/aromatic N) is 4. The zero-order valence-electron chi connectivity index (χ0n) is 20.4. The van der Waals surface area contributed by atoms with Gasteiger partial charge in [-0.1, -0.05) is 11.8 Å². The van der Waals surface area contributed by atoms with Gasteiger partial charge in [-0.05, 0) is 54.6 Å². The Morgan fingerprint density at radius 2 is 1.95 bits per heavy atom. The number of carbonyl (C=O) groups is 1. The molecule has 39 heavy (non-hydrogen) atoms. The van der Waals surface area contributed by atoms with E-state index >= 15 is 0 Å². The minimum absolute atomic E-state index is 0.212. The molecular formula is C27H22FN5O3S3. The van der Waals surface area contributed by atoms with Gasteiger partial charge in [0, 0.05) is 52.6 Å². The Balaban J connectivity index is 1.25. The Bertz CT molecular complexity index is 1620. The van der Waals surface area contributed by atoms with Crippen molar-refractivity contribution in [1.82, 2.24) is 19.9 Å². The Morgan fingerprint density at radius 3 is 2.74 bits per heavy atom. The SMILES string of the molecule is O=C(O)N1CCC(c2csc(Nc3ncc(Sc4ccnc5ccsc45)cc3Oc3ccc(F)cc3)n2)CC1. The van der Waals surface area contributed by atoms with Crippen LogP contribution in [0, 0.1) is 5.82 Å². The van der Waals surface area contributed by atoms with E-state index in [-0.39, 0.29) is 11.7 Å². The third kappa shape index (κ3) is 5.82. The maximum Gasteiger partial charge on any atom is 0.407 e. The fraction of sp³-hybridized carbons (Fsp3) is 0.185. The summed E-state index contributed by atoms with van der Waals surface area (Å²) in [5, 5.41) is 17.2. The minimum atomic E-state index is -0.876. The Hall–Kier alpha value is -3.74. The van der Waals surface area contributed by atoms with Crippen molar-refractivity contribution in [3.05, 3.63) is 77.1 Å². The quantitative estimate of drug-likeness (QED) is 0.201. The summed E-state index contributed by atoms with van der Waals surface area (Å²) in [6, 6.07) is 11.7. The van der Waals surface area contributed by atoms with E-state index in [9.17, 15) is 14.3 Å². The zero-order chi connectivity index (χ0) is 26.8. The molecule has 0 aliphatic carbocycles. The van der Waals surface area contributed by atoms with E-state index in [1.54, 1.807) is 47.6 Å². The van der Waals surface area contributed by atoms with Gasteiger partial charge in [-0.3, -0.25) is 4.98 Å². The first-order valence-electron chi connectivity index (χ1n) is 12.2. The highest BCUT2D eigenvalue weighted by Gasteiger charge is 2.25. The molecule has 6 rings (SSSR count). The third-order valence-electron chi connectivity index (χ3n) is 6.34. The van der Waals surface area contributed by atoms with Crippen LogP contribution in [-0.4, -0.2) is 44.1 Å². The van der Waals surface area contributed by atoms with Gasteiger partial charge >= 0.3 is 6.09 Å². The summed E-state index contributed by atoms with van der Waals surface area (Å²) in [5.41, 5.74) is 1.89. The molecule has 4 aromatic heterocycles. The highest BCUT2D eigenvalue weighted by molar-refractivity contribution is 7.99. The molecule has 1 aliphatic heterocycles. The topological polar surface area (TPSA) is 100 Å². The number of carboxylic acid groups (broad SMARTS) is 1. The number of anilines is 2. The van der Waals surface area contributed by atoms with E-state index in [1.165, 1.54) is 28.4 Å². The summed E-state index contributed by atoms with van der Waals surface area (Å²) in [7, 11) is 0. The molecule has 1 aromatic carbocycles. The number of thiazole rings is 1. The van der Waals surface area contributed by atoms with Crippen LogP contribution >= 0.6 is 34.4 Å². The summed E-state index contributed by atoms with van der Waals surface area (Å²) < 4.78 is 20.7.